The van der Waals surface area contributed by atoms with Crippen LogP contribution in [0.25, 0.3) is 0 Å². The van der Waals surface area contributed by atoms with Crippen LogP contribution in [0.3, 0.4) is 0 Å². The van der Waals surface area contributed by atoms with Crippen LogP contribution in [0.1, 0.15) is 49.1 Å². The Bertz CT molecular complexity index is 382. The van der Waals surface area contributed by atoms with Crippen molar-refractivity contribution in [3.63, 3.8) is 0 Å². The highest BCUT2D eigenvalue weighted by molar-refractivity contribution is 7.15. The summed E-state index contributed by atoms with van der Waals surface area (Å²) in [4.78, 5) is 8.25. The molecule has 1 aromatic rings. The first-order valence-electron chi connectivity index (χ1n) is 6.20. The van der Waals surface area contributed by atoms with Gasteiger partial charge in [-0.2, -0.15) is 0 Å². The SMILES string of the molecule is CCN(c1nc(C2CC2)c(CO)s1)C1CC1. The summed E-state index contributed by atoms with van der Waals surface area (Å²) >= 11 is 1.69. The molecule has 2 aliphatic rings. The minimum atomic E-state index is 0.158. The Balaban J connectivity index is 1.88. The molecule has 0 unspecified atom stereocenters. The van der Waals surface area contributed by atoms with Gasteiger partial charge < -0.3 is 10.0 Å². The van der Waals surface area contributed by atoms with Gasteiger partial charge in [-0.25, -0.2) is 4.98 Å². The van der Waals surface area contributed by atoms with Crippen LogP contribution in [0.2, 0.25) is 0 Å². The third-order valence-corrected chi connectivity index (χ3v) is 4.49. The van der Waals surface area contributed by atoms with Crippen molar-refractivity contribution in [3.05, 3.63) is 10.6 Å². The van der Waals surface area contributed by atoms with Gasteiger partial charge in [0.1, 0.15) is 0 Å². The van der Waals surface area contributed by atoms with E-state index in [4.69, 9.17) is 4.98 Å². The van der Waals surface area contributed by atoms with E-state index in [9.17, 15) is 5.11 Å². The minimum absolute atomic E-state index is 0.158. The van der Waals surface area contributed by atoms with E-state index in [1.165, 1.54) is 31.4 Å². The van der Waals surface area contributed by atoms with E-state index in [-0.39, 0.29) is 6.61 Å². The van der Waals surface area contributed by atoms with Crippen molar-refractivity contribution in [1.29, 1.82) is 0 Å². The summed E-state index contributed by atoms with van der Waals surface area (Å²) in [6.45, 7) is 3.38. The first-order chi connectivity index (χ1) is 7.83. The van der Waals surface area contributed by atoms with E-state index in [1.54, 1.807) is 11.3 Å². The minimum Gasteiger partial charge on any atom is -0.391 e. The monoisotopic (exact) mass is 238 g/mol. The molecule has 1 heterocycles. The molecule has 0 radical (unpaired) electrons. The molecular formula is C12H18N2OS. The molecule has 3 rings (SSSR count). The molecule has 0 aliphatic heterocycles. The van der Waals surface area contributed by atoms with Crippen LogP contribution in [-0.2, 0) is 6.61 Å². The molecule has 4 heteroatoms. The van der Waals surface area contributed by atoms with Crippen LogP contribution in [0.4, 0.5) is 5.13 Å². The summed E-state index contributed by atoms with van der Waals surface area (Å²) in [6.07, 6.45) is 5.12. The highest BCUT2D eigenvalue weighted by atomic mass is 32.1. The Hall–Kier alpha value is -0.610. The summed E-state index contributed by atoms with van der Waals surface area (Å²) in [5, 5.41) is 10.5. The summed E-state index contributed by atoms with van der Waals surface area (Å²) in [7, 11) is 0. The smallest absolute Gasteiger partial charge is 0.186 e. The molecule has 16 heavy (non-hydrogen) atoms. The average molecular weight is 238 g/mol. The van der Waals surface area contributed by atoms with E-state index < -0.39 is 0 Å². The van der Waals surface area contributed by atoms with Gasteiger partial charge in [-0.1, -0.05) is 11.3 Å². The van der Waals surface area contributed by atoms with Gasteiger partial charge in [0.05, 0.1) is 17.2 Å². The fraction of sp³-hybridized carbons (Fsp3) is 0.750. The quantitative estimate of drug-likeness (QED) is 0.856. The zero-order chi connectivity index (χ0) is 11.1. The average Bonchev–Trinajstić information content (AvgIpc) is 3.18. The number of aromatic nitrogens is 1. The Labute approximate surface area is 100 Å². The maximum absolute atomic E-state index is 9.37. The number of hydrogen-bond donors (Lipinski definition) is 1. The van der Waals surface area contributed by atoms with Crippen LogP contribution >= 0.6 is 11.3 Å². The summed E-state index contributed by atoms with van der Waals surface area (Å²) in [5.74, 6) is 0.644. The fourth-order valence-electron chi connectivity index (χ4n) is 2.20. The Morgan fingerprint density at radius 3 is 2.62 bits per heavy atom. The molecule has 1 N–H and O–H groups in total. The lowest BCUT2D eigenvalue weighted by Gasteiger charge is -2.18. The zero-order valence-corrected chi connectivity index (χ0v) is 10.5. The molecule has 0 bridgehead atoms. The normalized spacial score (nSPS) is 20.1. The van der Waals surface area contributed by atoms with Crippen molar-refractivity contribution >= 4 is 16.5 Å². The standard InChI is InChI=1S/C12H18N2OS/c1-2-14(9-5-6-9)12-13-11(8-3-4-8)10(7-15)16-12/h8-9,15H,2-7H2,1H3. The highest BCUT2D eigenvalue weighted by Crippen LogP contribution is 2.45. The van der Waals surface area contributed by atoms with Crippen molar-refractivity contribution in [3.8, 4) is 0 Å². The molecular weight excluding hydrogens is 220 g/mol. The number of anilines is 1. The number of aliphatic hydroxyl groups is 1. The number of hydrogen-bond acceptors (Lipinski definition) is 4. The van der Waals surface area contributed by atoms with Crippen molar-refractivity contribution in [1.82, 2.24) is 4.98 Å². The van der Waals surface area contributed by atoms with Gasteiger partial charge in [0, 0.05) is 18.5 Å². The van der Waals surface area contributed by atoms with Gasteiger partial charge in [-0.3, -0.25) is 0 Å². The largest absolute Gasteiger partial charge is 0.391 e. The van der Waals surface area contributed by atoms with Crippen LogP contribution in [0.15, 0.2) is 0 Å². The summed E-state index contributed by atoms with van der Waals surface area (Å²) in [6, 6.07) is 0.717. The number of nitrogens with zero attached hydrogens (tertiary/aromatic N) is 2. The Morgan fingerprint density at radius 2 is 2.12 bits per heavy atom. The van der Waals surface area contributed by atoms with Crippen LogP contribution in [0.5, 0.6) is 0 Å². The highest BCUT2D eigenvalue weighted by Gasteiger charge is 2.33. The van der Waals surface area contributed by atoms with E-state index in [0.717, 1.165) is 22.6 Å². The van der Waals surface area contributed by atoms with Gasteiger partial charge in [-0.05, 0) is 32.6 Å². The van der Waals surface area contributed by atoms with Crippen LogP contribution in [-0.4, -0.2) is 22.7 Å². The number of rotatable bonds is 5. The van der Waals surface area contributed by atoms with Crippen molar-refractivity contribution in [2.24, 2.45) is 0 Å². The predicted octanol–water partition coefficient (Wildman–Crippen LogP) is 2.50. The van der Waals surface area contributed by atoms with Crippen LogP contribution in [0, 0.1) is 0 Å². The molecule has 0 amide bonds. The number of thiazole rings is 1. The summed E-state index contributed by atoms with van der Waals surface area (Å²) < 4.78 is 0. The lowest BCUT2D eigenvalue weighted by molar-refractivity contribution is 0.284. The maximum atomic E-state index is 9.37. The van der Waals surface area contributed by atoms with Crippen molar-refractivity contribution in [2.45, 2.75) is 51.2 Å². The first-order valence-corrected chi connectivity index (χ1v) is 7.02. The number of aliphatic hydroxyl groups excluding tert-OH is 1. The molecule has 1 aromatic heterocycles. The van der Waals surface area contributed by atoms with Crippen molar-refractivity contribution in [2.75, 3.05) is 11.4 Å². The Kier molecular flexibility index (Phi) is 2.64. The molecule has 88 valence electrons. The molecule has 3 nitrogen and oxygen atoms in total. The molecule has 2 saturated carbocycles. The van der Waals surface area contributed by atoms with Gasteiger partial charge >= 0.3 is 0 Å². The van der Waals surface area contributed by atoms with Gasteiger partial charge in [0.15, 0.2) is 5.13 Å². The van der Waals surface area contributed by atoms with E-state index in [1.807, 2.05) is 0 Å². The molecule has 2 fully saturated rings. The predicted molar refractivity (Wildman–Crippen MR) is 66.1 cm³/mol. The Morgan fingerprint density at radius 1 is 1.38 bits per heavy atom. The fourth-order valence-corrected chi connectivity index (χ4v) is 3.34. The molecule has 0 spiro atoms. The van der Waals surface area contributed by atoms with Crippen molar-refractivity contribution < 1.29 is 5.11 Å². The zero-order valence-electron chi connectivity index (χ0n) is 9.65. The van der Waals surface area contributed by atoms with E-state index in [2.05, 4.69) is 11.8 Å². The topological polar surface area (TPSA) is 36.4 Å². The maximum Gasteiger partial charge on any atom is 0.186 e. The third-order valence-electron chi connectivity index (χ3n) is 3.40. The first kappa shape index (κ1) is 10.5. The van der Waals surface area contributed by atoms with Crippen LogP contribution < -0.4 is 4.90 Å². The molecule has 2 aliphatic carbocycles. The van der Waals surface area contributed by atoms with Gasteiger partial charge in [0.25, 0.3) is 0 Å². The van der Waals surface area contributed by atoms with E-state index in [0.29, 0.717) is 5.92 Å². The summed E-state index contributed by atoms with van der Waals surface area (Å²) in [5.41, 5.74) is 1.18. The van der Waals surface area contributed by atoms with Gasteiger partial charge in [0.2, 0.25) is 0 Å². The third kappa shape index (κ3) is 1.84. The van der Waals surface area contributed by atoms with E-state index >= 15 is 0 Å². The lowest BCUT2D eigenvalue weighted by Crippen LogP contribution is -2.24. The second-order valence-electron chi connectivity index (χ2n) is 4.75. The lowest BCUT2D eigenvalue weighted by atomic mass is 10.2. The second kappa shape index (κ2) is 4.00. The second-order valence-corrected chi connectivity index (χ2v) is 5.82. The molecule has 0 aromatic carbocycles. The molecule has 0 atom stereocenters. The molecule has 0 saturated heterocycles. The van der Waals surface area contributed by atoms with Gasteiger partial charge in [-0.15, -0.1) is 0 Å².